The third-order valence-electron chi connectivity index (χ3n) is 1.64. The SMILES string of the molecule is SN1CC=Nc2ccccc21. The van der Waals surface area contributed by atoms with Crippen molar-refractivity contribution in [1.82, 2.24) is 0 Å². The van der Waals surface area contributed by atoms with E-state index in [2.05, 4.69) is 17.8 Å². The summed E-state index contributed by atoms with van der Waals surface area (Å²) in [5.74, 6) is 0. The summed E-state index contributed by atoms with van der Waals surface area (Å²) in [6.45, 7) is 0.778. The summed E-state index contributed by atoms with van der Waals surface area (Å²) in [5, 5.41) is 0. The third kappa shape index (κ3) is 1.12. The molecule has 0 aromatic heterocycles. The molecule has 0 spiro atoms. The highest BCUT2D eigenvalue weighted by atomic mass is 32.1. The van der Waals surface area contributed by atoms with Crippen molar-refractivity contribution in [1.29, 1.82) is 0 Å². The van der Waals surface area contributed by atoms with E-state index in [0.717, 1.165) is 17.9 Å². The molecule has 1 aliphatic rings. The molecule has 1 aliphatic heterocycles. The minimum absolute atomic E-state index is 0.778. The summed E-state index contributed by atoms with van der Waals surface area (Å²) in [4.78, 5) is 4.23. The summed E-state index contributed by atoms with van der Waals surface area (Å²) >= 11 is 4.28. The molecule has 3 heteroatoms. The predicted octanol–water partition coefficient (Wildman–Crippen LogP) is 2.05. The molecule has 0 saturated heterocycles. The summed E-state index contributed by atoms with van der Waals surface area (Å²) in [6, 6.07) is 7.96. The minimum atomic E-state index is 0.778. The van der Waals surface area contributed by atoms with E-state index < -0.39 is 0 Å². The van der Waals surface area contributed by atoms with Crippen molar-refractivity contribution in [2.45, 2.75) is 0 Å². The molecule has 0 radical (unpaired) electrons. The molecule has 1 aromatic rings. The van der Waals surface area contributed by atoms with Gasteiger partial charge in [-0.1, -0.05) is 24.9 Å². The van der Waals surface area contributed by atoms with Crippen LogP contribution in [-0.4, -0.2) is 12.8 Å². The van der Waals surface area contributed by atoms with Gasteiger partial charge in [-0.3, -0.25) is 4.99 Å². The van der Waals surface area contributed by atoms with Crippen molar-refractivity contribution in [3.63, 3.8) is 0 Å². The van der Waals surface area contributed by atoms with Crippen molar-refractivity contribution in [3.05, 3.63) is 24.3 Å². The Morgan fingerprint density at radius 2 is 2.18 bits per heavy atom. The maximum Gasteiger partial charge on any atom is 0.0868 e. The van der Waals surface area contributed by atoms with E-state index in [9.17, 15) is 0 Å². The average molecular weight is 164 g/mol. The summed E-state index contributed by atoms with van der Waals surface area (Å²) in [6.07, 6.45) is 1.86. The van der Waals surface area contributed by atoms with Gasteiger partial charge in [-0.2, -0.15) is 0 Å². The number of nitrogens with zero attached hydrogens (tertiary/aromatic N) is 2. The second-order valence-electron chi connectivity index (χ2n) is 2.38. The van der Waals surface area contributed by atoms with Crippen LogP contribution in [-0.2, 0) is 0 Å². The normalized spacial score (nSPS) is 14.8. The highest BCUT2D eigenvalue weighted by Gasteiger charge is 2.08. The molecule has 0 saturated carbocycles. The first kappa shape index (κ1) is 6.73. The lowest BCUT2D eigenvalue weighted by molar-refractivity contribution is 1.23. The van der Waals surface area contributed by atoms with Crippen LogP contribution < -0.4 is 4.31 Å². The molecular formula is C8H8N2S. The third-order valence-corrected chi connectivity index (χ3v) is 2.02. The maximum atomic E-state index is 4.28. The summed E-state index contributed by atoms with van der Waals surface area (Å²) in [7, 11) is 0. The second-order valence-corrected chi connectivity index (χ2v) is 2.87. The molecule has 1 aromatic carbocycles. The van der Waals surface area contributed by atoms with E-state index in [-0.39, 0.29) is 0 Å². The lowest BCUT2D eigenvalue weighted by Gasteiger charge is -2.20. The summed E-state index contributed by atoms with van der Waals surface area (Å²) in [5.41, 5.74) is 2.08. The van der Waals surface area contributed by atoms with Gasteiger partial charge in [0, 0.05) is 6.21 Å². The first-order chi connectivity index (χ1) is 5.38. The molecule has 0 aliphatic carbocycles. The van der Waals surface area contributed by atoms with Crippen molar-refractivity contribution >= 4 is 30.4 Å². The van der Waals surface area contributed by atoms with Crippen LogP contribution in [0, 0.1) is 0 Å². The number of aliphatic imine (C=N–C) groups is 1. The van der Waals surface area contributed by atoms with Crippen LogP contribution in [0.25, 0.3) is 0 Å². The van der Waals surface area contributed by atoms with Gasteiger partial charge in [-0.25, -0.2) is 0 Å². The average Bonchev–Trinajstić information content (AvgIpc) is 2.06. The summed E-state index contributed by atoms with van der Waals surface area (Å²) < 4.78 is 1.88. The van der Waals surface area contributed by atoms with E-state index in [1.165, 1.54) is 0 Å². The molecule has 0 bridgehead atoms. The van der Waals surface area contributed by atoms with Crippen LogP contribution in [0.1, 0.15) is 0 Å². The fourth-order valence-corrected chi connectivity index (χ4v) is 1.35. The molecule has 56 valence electrons. The maximum absolute atomic E-state index is 4.28. The first-order valence-electron chi connectivity index (χ1n) is 3.46. The molecule has 0 fully saturated rings. The zero-order chi connectivity index (χ0) is 7.68. The van der Waals surface area contributed by atoms with Crippen LogP contribution >= 0.6 is 12.8 Å². The van der Waals surface area contributed by atoms with Gasteiger partial charge >= 0.3 is 0 Å². The molecule has 0 atom stereocenters. The molecule has 0 amide bonds. The molecule has 0 unspecified atom stereocenters. The molecule has 2 nitrogen and oxygen atoms in total. The van der Waals surface area contributed by atoms with E-state index >= 15 is 0 Å². The van der Waals surface area contributed by atoms with Crippen molar-refractivity contribution in [3.8, 4) is 0 Å². The zero-order valence-corrected chi connectivity index (χ0v) is 6.83. The minimum Gasteiger partial charge on any atom is -0.311 e. The Balaban J connectivity index is 2.54. The monoisotopic (exact) mass is 164 g/mol. The van der Waals surface area contributed by atoms with Gasteiger partial charge in [0.1, 0.15) is 0 Å². The van der Waals surface area contributed by atoms with Crippen molar-refractivity contribution < 1.29 is 0 Å². The van der Waals surface area contributed by atoms with Crippen LogP contribution in [0.15, 0.2) is 29.3 Å². The van der Waals surface area contributed by atoms with Gasteiger partial charge in [0.25, 0.3) is 0 Å². The van der Waals surface area contributed by atoms with E-state index in [1.54, 1.807) is 0 Å². The zero-order valence-electron chi connectivity index (χ0n) is 5.94. The topological polar surface area (TPSA) is 15.6 Å². The number of hydrogen-bond acceptors (Lipinski definition) is 3. The number of hydrogen-bond donors (Lipinski definition) is 1. The quantitative estimate of drug-likeness (QED) is 0.580. The Morgan fingerprint density at radius 1 is 1.36 bits per heavy atom. The standard InChI is InChI=1S/C8H8N2S/c11-10-6-5-9-7-3-1-2-4-8(7)10/h1-5,11H,6H2. The number of fused-ring (bicyclic) bond motifs is 1. The van der Waals surface area contributed by atoms with Crippen LogP contribution in [0.3, 0.4) is 0 Å². The van der Waals surface area contributed by atoms with Crippen LogP contribution in [0.2, 0.25) is 0 Å². The Morgan fingerprint density at radius 3 is 3.00 bits per heavy atom. The fraction of sp³-hybridized carbons (Fsp3) is 0.125. The van der Waals surface area contributed by atoms with Gasteiger partial charge in [-0.15, -0.1) is 0 Å². The Bertz CT molecular complexity index is 296. The number of thiol groups is 1. The van der Waals surface area contributed by atoms with E-state index in [4.69, 9.17) is 0 Å². The Labute approximate surface area is 71.1 Å². The largest absolute Gasteiger partial charge is 0.311 e. The first-order valence-corrected chi connectivity index (χ1v) is 3.86. The predicted molar refractivity (Wildman–Crippen MR) is 50.9 cm³/mol. The number of para-hydroxylation sites is 2. The van der Waals surface area contributed by atoms with Gasteiger partial charge in [0.05, 0.1) is 17.9 Å². The Kier molecular flexibility index (Phi) is 1.58. The van der Waals surface area contributed by atoms with Crippen LogP contribution in [0.4, 0.5) is 11.4 Å². The Hall–Kier alpha value is -0.960. The van der Waals surface area contributed by atoms with Crippen LogP contribution in [0.5, 0.6) is 0 Å². The van der Waals surface area contributed by atoms with E-state index in [0.29, 0.717) is 0 Å². The molecule has 2 rings (SSSR count). The lowest BCUT2D eigenvalue weighted by atomic mass is 10.2. The fourth-order valence-electron chi connectivity index (χ4n) is 1.11. The molecule has 1 heterocycles. The van der Waals surface area contributed by atoms with Crippen molar-refractivity contribution in [2.24, 2.45) is 4.99 Å². The number of anilines is 1. The van der Waals surface area contributed by atoms with E-state index in [1.807, 2.05) is 34.8 Å². The van der Waals surface area contributed by atoms with Gasteiger partial charge < -0.3 is 4.31 Å². The van der Waals surface area contributed by atoms with Gasteiger partial charge in [0.2, 0.25) is 0 Å². The highest BCUT2D eigenvalue weighted by molar-refractivity contribution is 7.81. The smallest absolute Gasteiger partial charge is 0.0868 e. The van der Waals surface area contributed by atoms with Gasteiger partial charge in [-0.05, 0) is 12.1 Å². The number of benzene rings is 1. The molecule has 0 N–H and O–H groups in total. The molecule has 11 heavy (non-hydrogen) atoms. The highest BCUT2D eigenvalue weighted by Crippen LogP contribution is 2.30. The lowest BCUT2D eigenvalue weighted by Crippen LogP contribution is -2.15. The second kappa shape index (κ2) is 2.58. The number of rotatable bonds is 0. The van der Waals surface area contributed by atoms with Crippen molar-refractivity contribution in [2.75, 3.05) is 10.8 Å². The molecular weight excluding hydrogens is 156 g/mol. The van der Waals surface area contributed by atoms with Gasteiger partial charge in [0.15, 0.2) is 0 Å².